The molecule has 1 rings (SSSR count). The van der Waals surface area contributed by atoms with Crippen molar-refractivity contribution >= 4 is 5.90 Å². The fourth-order valence-electron chi connectivity index (χ4n) is 1.66. The van der Waals surface area contributed by atoms with Gasteiger partial charge in [-0.15, -0.1) is 0 Å². The van der Waals surface area contributed by atoms with Crippen molar-refractivity contribution < 1.29 is 4.74 Å². The number of aryl methyl sites for hydroxylation is 2. The lowest BCUT2D eigenvalue weighted by atomic mass is 10.0. The predicted octanol–water partition coefficient (Wildman–Crippen LogP) is 2.09. The highest BCUT2D eigenvalue weighted by Crippen LogP contribution is 2.15. The Hall–Kier alpha value is -1.32. The van der Waals surface area contributed by atoms with Crippen LogP contribution in [0.25, 0.3) is 0 Å². The molecule has 0 unspecified atom stereocenters. The zero-order valence-electron chi connectivity index (χ0n) is 9.68. The number of hydrogen-bond acceptors (Lipinski definition) is 3. The molecule has 1 heterocycles. The molecule has 0 aliphatic carbocycles. The van der Waals surface area contributed by atoms with Gasteiger partial charge in [-0.1, -0.05) is 13.8 Å². The summed E-state index contributed by atoms with van der Waals surface area (Å²) in [7, 11) is 1.54. The SMILES string of the molecule is CCc1n[nH]c(CC)c1CCC(=N)OC. The molecular formula is C11H19N3O. The molecule has 1 aromatic rings. The summed E-state index contributed by atoms with van der Waals surface area (Å²) in [5.41, 5.74) is 3.58. The van der Waals surface area contributed by atoms with E-state index < -0.39 is 0 Å². The van der Waals surface area contributed by atoms with Crippen LogP contribution in [-0.4, -0.2) is 23.2 Å². The first kappa shape index (κ1) is 11.8. The van der Waals surface area contributed by atoms with Gasteiger partial charge in [0.05, 0.1) is 12.8 Å². The van der Waals surface area contributed by atoms with Crippen LogP contribution in [0.1, 0.15) is 37.2 Å². The van der Waals surface area contributed by atoms with Crippen LogP contribution in [0.3, 0.4) is 0 Å². The predicted molar refractivity (Wildman–Crippen MR) is 60.4 cm³/mol. The highest BCUT2D eigenvalue weighted by atomic mass is 16.5. The van der Waals surface area contributed by atoms with Crippen molar-refractivity contribution in [3.05, 3.63) is 17.0 Å². The molecule has 0 aliphatic heterocycles. The van der Waals surface area contributed by atoms with Gasteiger partial charge in [0.1, 0.15) is 0 Å². The summed E-state index contributed by atoms with van der Waals surface area (Å²) < 4.78 is 4.85. The average molecular weight is 209 g/mol. The highest BCUT2D eigenvalue weighted by Gasteiger charge is 2.11. The molecule has 4 nitrogen and oxygen atoms in total. The first-order chi connectivity index (χ1) is 7.22. The number of rotatable bonds is 5. The number of H-pyrrole nitrogens is 1. The number of hydrogen-bond donors (Lipinski definition) is 2. The minimum absolute atomic E-state index is 0.334. The quantitative estimate of drug-likeness (QED) is 0.576. The molecule has 84 valence electrons. The third-order valence-electron chi connectivity index (χ3n) is 2.58. The lowest BCUT2D eigenvalue weighted by molar-refractivity contribution is 0.386. The van der Waals surface area contributed by atoms with Crippen LogP contribution in [0.4, 0.5) is 0 Å². The van der Waals surface area contributed by atoms with Crippen molar-refractivity contribution in [3.63, 3.8) is 0 Å². The Bertz CT molecular complexity index is 309. The number of aromatic nitrogens is 2. The second-order valence-corrected chi connectivity index (χ2v) is 3.46. The second-order valence-electron chi connectivity index (χ2n) is 3.46. The standard InChI is InChI=1S/C11H19N3O/c1-4-9-8(6-7-11(12)15-3)10(5-2)14-13-9/h12H,4-7H2,1-3H3,(H,13,14). The van der Waals surface area contributed by atoms with E-state index in [2.05, 4.69) is 24.0 Å². The zero-order valence-corrected chi connectivity index (χ0v) is 9.68. The van der Waals surface area contributed by atoms with Gasteiger partial charge in [0.25, 0.3) is 0 Å². The molecule has 0 bridgehead atoms. The van der Waals surface area contributed by atoms with Crippen molar-refractivity contribution in [1.82, 2.24) is 10.2 Å². The van der Waals surface area contributed by atoms with Crippen LogP contribution in [0.15, 0.2) is 0 Å². The van der Waals surface area contributed by atoms with Gasteiger partial charge in [0, 0.05) is 12.1 Å². The fourth-order valence-corrected chi connectivity index (χ4v) is 1.66. The maximum absolute atomic E-state index is 7.44. The number of ether oxygens (including phenoxy) is 1. The minimum Gasteiger partial charge on any atom is -0.484 e. The molecular weight excluding hydrogens is 190 g/mol. The lowest BCUT2D eigenvalue weighted by Gasteiger charge is -2.04. The van der Waals surface area contributed by atoms with E-state index in [9.17, 15) is 0 Å². The Morgan fingerprint density at radius 3 is 2.67 bits per heavy atom. The highest BCUT2D eigenvalue weighted by molar-refractivity contribution is 5.72. The molecule has 0 radical (unpaired) electrons. The Kier molecular flexibility index (Phi) is 4.34. The van der Waals surface area contributed by atoms with Gasteiger partial charge >= 0.3 is 0 Å². The number of aromatic amines is 1. The van der Waals surface area contributed by atoms with E-state index in [-0.39, 0.29) is 0 Å². The Labute approximate surface area is 90.5 Å². The molecule has 0 aromatic carbocycles. The second kappa shape index (κ2) is 5.53. The largest absolute Gasteiger partial charge is 0.484 e. The van der Waals surface area contributed by atoms with Gasteiger partial charge < -0.3 is 4.74 Å². The van der Waals surface area contributed by atoms with Crippen molar-refractivity contribution in [2.45, 2.75) is 39.5 Å². The summed E-state index contributed by atoms with van der Waals surface area (Å²) in [6.45, 7) is 4.21. The van der Waals surface area contributed by atoms with Gasteiger partial charge in [-0.3, -0.25) is 10.5 Å². The van der Waals surface area contributed by atoms with E-state index in [1.165, 1.54) is 11.3 Å². The Morgan fingerprint density at radius 1 is 1.40 bits per heavy atom. The molecule has 0 saturated carbocycles. The summed E-state index contributed by atoms with van der Waals surface area (Å²) >= 11 is 0. The van der Waals surface area contributed by atoms with E-state index in [1.807, 2.05) is 0 Å². The lowest BCUT2D eigenvalue weighted by Crippen LogP contribution is -2.03. The number of nitrogens with one attached hydrogen (secondary N) is 2. The average Bonchev–Trinajstić information content (AvgIpc) is 2.67. The topological polar surface area (TPSA) is 61.8 Å². The zero-order chi connectivity index (χ0) is 11.3. The molecule has 4 heteroatoms. The smallest absolute Gasteiger partial charge is 0.180 e. The Morgan fingerprint density at radius 2 is 2.13 bits per heavy atom. The molecule has 1 aromatic heterocycles. The first-order valence-electron chi connectivity index (χ1n) is 5.39. The third-order valence-corrected chi connectivity index (χ3v) is 2.58. The monoisotopic (exact) mass is 209 g/mol. The van der Waals surface area contributed by atoms with Crippen LogP contribution in [0.5, 0.6) is 0 Å². The molecule has 15 heavy (non-hydrogen) atoms. The van der Waals surface area contributed by atoms with Crippen molar-refractivity contribution in [2.75, 3.05) is 7.11 Å². The van der Waals surface area contributed by atoms with Crippen molar-refractivity contribution in [1.29, 1.82) is 5.41 Å². The van der Waals surface area contributed by atoms with Gasteiger partial charge in [-0.25, -0.2) is 0 Å². The summed E-state index contributed by atoms with van der Waals surface area (Å²) in [6, 6.07) is 0. The normalized spacial score (nSPS) is 10.3. The summed E-state index contributed by atoms with van der Waals surface area (Å²) in [5, 5.41) is 14.8. The summed E-state index contributed by atoms with van der Waals surface area (Å²) in [4.78, 5) is 0. The van der Waals surface area contributed by atoms with E-state index >= 15 is 0 Å². The molecule has 0 amide bonds. The van der Waals surface area contributed by atoms with E-state index in [4.69, 9.17) is 10.1 Å². The maximum Gasteiger partial charge on any atom is 0.180 e. The van der Waals surface area contributed by atoms with Gasteiger partial charge in [0.2, 0.25) is 0 Å². The van der Waals surface area contributed by atoms with Crippen LogP contribution in [0.2, 0.25) is 0 Å². The Balaban J connectivity index is 2.72. The van der Waals surface area contributed by atoms with Crippen LogP contribution >= 0.6 is 0 Å². The van der Waals surface area contributed by atoms with E-state index in [0.717, 1.165) is 25.0 Å². The number of methoxy groups -OCH3 is 1. The van der Waals surface area contributed by atoms with E-state index in [1.54, 1.807) is 7.11 Å². The molecule has 0 fully saturated rings. The fraction of sp³-hybridized carbons (Fsp3) is 0.636. The number of nitrogens with zero attached hydrogens (tertiary/aromatic N) is 1. The van der Waals surface area contributed by atoms with Crippen LogP contribution in [-0.2, 0) is 24.0 Å². The van der Waals surface area contributed by atoms with Gasteiger partial charge in [-0.2, -0.15) is 5.10 Å². The van der Waals surface area contributed by atoms with Crippen molar-refractivity contribution in [2.24, 2.45) is 0 Å². The van der Waals surface area contributed by atoms with E-state index in [0.29, 0.717) is 12.3 Å². The first-order valence-corrected chi connectivity index (χ1v) is 5.39. The summed E-state index contributed by atoms with van der Waals surface area (Å²) in [5.74, 6) is 0.334. The molecule has 2 N–H and O–H groups in total. The molecule has 0 spiro atoms. The third kappa shape index (κ3) is 2.81. The maximum atomic E-state index is 7.44. The molecule has 0 aliphatic rings. The van der Waals surface area contributed by atoms with Crippen LogP contribution < -0.4 is 0 Å². The summed E-state index contributed by atoms with van der Waals surface area (Å²) in [6.07, 6.45) is 3.39. The van der Waals surface area contributed by atoms with Crippen molar-refractivity contribution in [3.8, 4) is 0 Å². The molecule has 0 atom stereocenters. The molecule has 0 saturated heterocycles. The minimum atomic E-state index is 0.334. The van der Waals surface area contributed by atoms with Crippen LogP contribution in [0, 0.1) is 5.41 Å². The van der Waals surface area contributed by atoms with Gasteiger partial charge in [-0.05, 0) is 24.8 Å². The van der Waals surface area contributed by atoms with Gasteiger partial charge in [0.15, 0.2) is 5.90 Å².